The van der Waals surface area contributed by atoms with Crippen molar-refractivity contribution >= 4 is 19.9 Å². The van der Waals surface area contributed by atoms with Gasteiger partial charge in [0.15, 0.2) is 0 Å². The highest BCUT2D eigenvalue weighted by atomic mass is 28.4. The molecule has 0 bridgehead atoms. The summed E-state index contributed by atoms with van der Waals surface area (Å²) in [5, 5.41) is -0.0328. The second-order valence-corrected chi connectivity index (χ2v) is 18.4. The molecule has 0 spiro atoms. The van der Waals surface area contributed by atoms with E-state index in [0.717, 1.165) is 33.6 Å². The molecule has 0 saturated carbocycles. The van der Waals surface area contributed by atoms with Crippen molar-refractivity contribution in [3.05, 3.63) is 82.3 Å². The van der Waals surface area contributed by atoms with Crippen molar-refractivity contribution in [2.45, 2.75) is 84.0 Å². The van der Waals surface area contributed by atoms with Crippen LogP contribution in [0, 0.1) is 25.1 Å². The van der Waals surface area contributed by atoms with Crippen LogP contribution in [0.2, 0.25) is 18.1 Å². The summed E-state index contributed by atoms with van der Waals surface area (Å²) in [6.45, 7) is 17.8. The number of benzene rings is 2. The number of hydrogen-bond acceptors (Lipinski definition) is 5. The van der Waals surface area contributed by atoms with E-state index in [1.165, 1.54) is 12.1 Å². The zero-order valence-corrected chi connectivity index (χ0v) is 27.7. The van der Waals surface area contributed by atoms with Crippen LogP contribution in [-0.4, -0.2) is 38.4 Å². The van der Waals surface area contributed by atoms with Crippen molar-refractivity contribution in [1.82, 2.24) is 4.98 Å². The van der Waals surface area contributed by atoms with Crippen LogP contribution < -0.4 is 19.8 Å². The molecule has 2 heterocycles. The van der Waals surface area contributed by atoms with E-state index in [2.05, 4.69) is 53.6 Å². The van der Waals surface area contributed by atoms with E-state index < -0.39 is 19.8 Å². The van der Waals surface area contributed by atoms with E-state index in [1.54, 1.807) is 17.0 Å². The first-order chi connectivity index (χ1) is 20.0. The standard InChI is InChI=1S/C35H44FN3O3Si/c1-10-17-41-28-16-13-25(23(2)18-28)20-29(37)33(40)39-22-35(6,7)31-30(39)21-26(19-24-11-14-27(36)15-12-24)32(38-31)42-43(8,9)34(3,4)5/h1,11-16,18,21,29H,17,19-20,22,37H2,2-9H3/t29-/m0/s1. The maximum atomic E-state index is 13.9. The minimum Gasteiger partial charge on any atom is -0.530 e. The number of pyridine rings is 1. The summed E-state index contributed by atoms with van der Waals surface area (Å²) in [5.41, 5.74) is 11.5. The number of aromatic nitrogens is 1. The smallest absolute Gasteiger partial charge is 0.252 e. The molecule has 43 heavy (non-hydrogen) atoms. The van der Waals surface area contributed by atoms with Crippen LogP contribution in [0.5, 0.6) is 11.6 Å². The van der Waals surface area contributed by atoms with Crippen LogP contribution in [0.15, 0.2) is 48.5 Å². The Morgan fingerprint density at radius 1 is 1.16 bits per heavy atom. The van der Waals surface area contributed by atoms with E-state index in [-0.39, 0.29) is 23.4 Å². The number of hydrogen-bond donors (Lipinski definition) is 1. The van der Waals surface area contributed by atoms with Crippen molar-refractivity contribution in [3.63, 3.8) is 0 Å². The van der Waals surface area contributed by atoms with Gasteiger partial charge < -0.3 is 19.8 Å². The number of rotatable bonds is 9. The van der Waals surface area contributed by atoms with Crippen LogP contribution >= 0.6 is 0 Å². The first kappa shape index (κ1) is 32.2. The zero-order valence-electron chi connectivity index (χ0n) is 26.7. The lowest BCUT2D eigenvalue weighted by Gasteiger charge is -2.36. The molecular weight excluding hydrogens is 557 g/mol. The number of terminal acetylenes is 1. The molecule has 1 aliphatic heterocycles. The molecule has 0 radical (unpaired) electrons. The van der Waals surface area contributed by atoms with Gasteiger partial charge in [0.1, 0.15) is 18.2 Å². The fourth-order valence-corrected chi connectivity index (χ4v) is 6.02. The third kappa shape index (κ3) is 7.11. The quantitative estimate of drug-likeness (QED) is 0.218. The van der Waals surface area contributed by atoms with Gasteiger partial charge in [0.2, 0.25) is 11.8 Å². The molecule has 228 valence electrons. The Morgan fingerprint density at radius 2 is 1.84 bits per heavy atom. The molecule has 4 rings (SSSR count). The zero-order chi connectivity index (χ0) is 31.7. The van der Waals surface area contributed by atoms with Gasteiger partial charge in [-0.3, -0.25) is 4.79 Å². The number of anilines is 1. The first-order valence-corrected chi connectivity index (χ1v) is 17.6. The molecule has 1 aromatic heterocycles. The maximum Gasteiger partial charge on any atom is 0.252 e. The number of fused-ring (bicyclic) bond motifs is 1. The number of nitrogens with two attached hydrogens (primary N) is 1. The normalized spacial score (nSPS) is 15.0. The second kappa shape index (κ2) is 12.1. The molecule has 3 aromatic rings. The van der Waals surface area contributed by atoms with E-state index in [1.807, 2.05) is 31.2 Å². The van der Waals surface area contributed by atoms with Gasteiger partial charge in [-0.05, 0) is 78.5 Å². The topological polar surface area (TPSA) is 77.7 Å². The molecule has 6 nitrogen and oxygen atoms in total. The molecule has 2 N–H and O–H groups in total. The number of halogens is 1. The Hall–Kier alpha value is -3.67. The molecule has 1 aliphatic rings. The Balaban J connectivity index is 1.69. The van der Waals surface area contributed by atoms with E-state index in [0.29, 0.717) is 31.0 Å². The van der Waals surface area contributed by atoms with E-state index >= 15 is 0 Å². The Kier molecular flexibility index (Phi) is 9.10. The van der Waals surface area contributed by atoms with Gasteiger partial charge in [-0.2, -0.15) is 0 Å². The lowest BCUT2D eigenvalue weighted by molar-refractivity contribution is -0.119. The lowest BCUT2D eigenvalue weighted by Crippen LogP contribution is -2.46. The SMILES string of the molecule is C#CCOc1ccc(C[C@H](N)C(=O)N2CC(C)(C)c3nc(O[Si](C)(C)C(C)(C)C)c(Cc4ccc(F)cc4)cc32)c(C)c1. The average Bonchev–Trinajstić information content (AvgIpc) is 3.18. The van der Waals surface area contributed by atoms with Crippen LogP contribution in [0.1, 0.15) is 62.6 Å². The summed E-state index contributed by atoms with van der Waals surface area (Å²) in [6, 6.07) is 13.4. The fraction of sp³-hybridized carbons (Fsp3) is 0.429. The fourth-order valence-electron chi connectivity index (χ4n) is 5.05. The van der Waals surface area contributed by atoms with Crippen molar-refractivity contribution in [3.8, 4) is 24.0 Å². The van der Waals surface area contributed by atoms with Crippen molar-refractivity contribution in [2.24, 2.45) is 5.73 Å². The predicted molar refractivity (Wildman–Crippen MR) is 174 cm³/mol. The molecule has 0 saturated heterocycles. The van der Waals surface area contributed by atoms with Crippen LogP contribution in [0.25, 0.3) is 0 Å². The summed E-state index contributed by atoms with van der Waals surface area (Å²) in [7, 11) is -2.24. The summed E-state index contributed by atoms with van der Waals surface area (Å²) in [6.07, 6.45) is 6.18. The Labute approximate surface area is 256 Å². The number of aryl methyl sites for hydroxylation is 1. The van der Waals surface area contributed by atoms with Crippen molar-refractivity contribution in [1.29, 1.82) is 0 Å². The highest BCUT2D eigenvalue weighted by Gasteiger charge is 2.44. The summed E-state index contributed by atoms with van der Waals surface area (Å²) < 4.78 is 26.0. The van der Waals surface area contributed by atoms with Crippen molar-refractivity contribution < 1.29 is 18.3 Å². The molecule has 0 unspecified atom stereocenters. The van der Waals surface area contributed by atoms with E-state index in [4.69, 9.17) is 26.3 Å². The second-order valence-electron chi connectivity index (χ2n) is 13.7. The largest absolute Gasteiger partial charge is 0.530 e. The minimum atomic E-state index is -2.24. The third-order valence-electron chi connectivity index (χ3n) is 8.65. The number of carbonyl (C=O) groups excluding carboxylic acids is 1. The van der Waals surface area contributed by atoms with Gasteiger partial charge >= 0.3 is 0 Å². The predicted octanol–water partition coefficient (Wildman–Crippen LogP) is 6.71. The van der Waals surface area contributed by atoms with E-state index in [9.17, 15) is 9.18 Å². The van der Waals surface area contributed by atoms with Crippen molar-refractivity contribution in [2.75, 3.05) is 18.1 Å². The lowest BCUT2D eigenvalue weighted by atomic mass is 9.91. The molecule has 8 heteroatoms. The first-order valence-electron chi connectivity index (χ1n) is 14.7. The van der Waals surface area contributed by atoms with Gasteiger partial charge in [0, 0.05) is 23.9 Å². The Bertz CT molecular complexity index is 1540. The average molecular weight is 602 g/mol. The highest BCUT2D eigenvalue weighted by molar-refractivity contribution is 6.74. The van der Waals surface area contributed by atoms with Gasteiger partial charge in [-0.25, -0.2) is 9.37 Å². The molecule has 1 amide bonds. The van der Waals surface area contributed by atoms with Gasteiger partial charge in [0.25, 0.3) is 8.32 Å². The van der Waals surface area contributed by atoms with Crippen LogP contribution in [0.3, 0.4) is 0 Å². The number of amides is 1. The monoisotopic (exact) mass is 601 g/mol. The maximum absolute atomic E-state index is 13.9. The number of nitrogens with zero attached hydrogens (tertiary/aromatic N) is 2. The Morgan fingerprint density at radius 3 is 2.44 bits per heavy atom. The van der Waals surface area contributed by atoms with Gasteiger partial charge in [-0.15, -0.1) is 6.42 Å². The molecule has 0 aliphatic carbocycles. The van der Waals surface area contributed by atoms with Gasteiger partial charge in [-0.1, -0.05) is 58.7 Å². The number of carbonyl (C=O) groups is 1. The summed E-state index contributed by atoms with van der Waals surface area (Å²) in [4.78, 5) is 20.8. The van der Waals surface area contributed by atoms with Gasteiger partial charge in [0.05, 0.1) is 17.4 Å². The molecule has 2 aromatic carbocycles. The molecule has 0 fully saturated rings. The minimum absolute atomic E-state index is 0.0328. The van der Waals surface area contributed by atoms with Crippen LogP contribution in [-0.2, 0) is 23.1 Å². The summed E-state index contributed by atoms with van der Waals surface area (Å²) in [5.74, 6) is 3.29. The molecule has 1 atom stereocenters. The highest BCUT2D eigenvalue weighted by Crippen LogP contribution is 2.44. The van der Waals surface area contributed by atoms with Crippen LogP contribution in [0.4, 0.5) is 10.1 Å². The molecular formula is C35H44FN3O3Si. The number of ether oxygens (including phenoxy) is 1. The third-order valence-corrected chi connectivity index (χ3v) is 13.0. The summed E-state index contributed by atoms with van der Waals surface area (Å²) >= 11 is 0.